The summed E-state index contributed by atoms with van der Waals surface area (Å²) >= 11 is 3.10. The number of benzene rings is 1. The minimum Gasteiger partial charge on any atom is -0.302 e. The zero-order valence-corrected chi connectivity index (χ0v) is 15.3. The Morgan fingerprint density at radius 2 is 2.12 bits per heavy atom. The van der Waals surface area contributed by atoms with Crippen LogP contribution in [0.1, 0.15) is 16.1 Å². The maximum Gasteiger partial charge on any atom is 0.261 e. The quantitative estimate of drug-likeness (QED) is 0.667. The molecule has 3 heterocycles. The van der Waals surface area contributed by atoms with Gasteiger partial charge >= 0.3 is 0 Å². The Hall–Kier alpha value is -2.51. The van der Waals surface area contributed by atoms with E-state index in [9.17, 15) is 9.18 Å². The van der Waals surface area contributed by atoms with Crippen LogP contribution in [0.2, 0.25) is 0 Å². The number of halogens is 1. The first-order valence-corrected chi connectivity index (χ1v) is 9.86. The van der Waals surface area contributed by atoms with Crippen LogP contribution in [0.15, 0.2) is 59.2 Å². The molecule has 0 saturated carbocycles. The largest absolute Gasteiger partial charge is 0.302 e. The highest BCUT2D eigenvalue weighted by Crippen LogP contribution is 2.32. The van der Waals surface area contributed by atoms with E-state index in [2.05, 4.69) is 9.97 Å². The maximum absolute atomic E-state index is 13.9. The standard InChI is InChI=1S/C19H14FN3OS2/c20-16-6-2-1-5-15(16)19(24)23-8-9-25-17(23)10-14-12-26-18(22-14)13-4-3-7-21-11-13/h1-7,10-12H,8-9H2/b17-10+. The first-order chi connectivity index (χ1) is 12.7. The van der Waals surface area contributed by atoms with Crippen molar-refractivity contribution in [1.29, 1.82) is 0 Å². The number of carbonyl (C=O) groups excluding carboxylic acids is 1. The number of rotatable bonds is 3. The van der Waals surface area contributed by atoms with Gasteiger partial charge in [0, 0.05) is 35.6 Å². The lowest BCUT2D eigenvalue weighted by atomic mass is 10.2. The maximum atomic E-state index is 13.9. The van der Waals surface area contributed by atoms with Crippen LogP contribution in [0, 0.1) is 5.82 Å². The number of aromatic nitrogens is 2. The molecule has 7 heteroatoms. The Bertz CT molecular complexity index is 972. The normalized spacial score (nSPS) is 15.6. The van der Waals surface area contributed by atoms with Crippen LogP contribution < -0.4 is 0 Å². The van der Waals surface area contributed by atoms with E-state index in [4.69, 9.17) is 0 Å². The molecule has 1 saturated heterocycles. The van der Waals surface area contributed by atoms with Crippen molar-refractivity contribution in [2.24, 2.45) is 0 Å². The summed E-state index contributed by atoms with van der Waals surface area (Å²) in [5.41, 5.74) is 1.83. The van der Waals surface area contributed by atoms with Gasteiger partial charge in [-0.05, 0) is 30.3 Å². The zero-order valence-electron chi connectivity index (χ0n) is 13.6. The molecule has 130 valence electrons. The van der Waals surface area contributed by atoms with Gasteiger partial charge < -0.3 is 4.90 Å². The van der Waals surface area contributed by atoms with Crippen molar-refractivity contribution in [3.63, 3.8) is 0 Å². The summed E-state index contributed by atoms with van der Waals surface area (Å²) < 4.78 is 13.9. The fourth-order valence-corrected chi connectivity index (χ4v) is 4.42. The van der Waals surface area contributed by atoms with E-state index in [0.717, 1.165) is 27.0 Å². The van der Waals surface area contributed by atoms with Crippen LogP contribution in [-0.2, 0) is 0 Å². The second-order valence-electron chi connectivity index (χ2n) is 5.59. The number of carbonyl (C=O) groups is 1. The van der Waals surface area contributed by atoms with Gasteiger partial charge in [0.2, 0.25) is 0 Å². The van der Waals surface area contributed by atoms with Crippen LogP contribution in [0.25, 0.3) is 16.6 Å². The average molecular weight is 383 g/mol. The third-order valence-corrected chi connectivity index (χ3v) is 5.81. The van der Waals surface area contributed by atoms with Crippen LogP contribution in [0.5, 0.6) is 0 Å². The lowest BCUT2D eigenvalue weighted by Crippen LogP contribution is -2.27. The number of pyridine rings is 1. The molecule has 1 amide bonds. The Labute approximate surface area is 158 Å². The fourth-order valence-electron chi connectivity index (χ4n) is 2.63. The van der Waals surface area contributed by atoms with Gasteiger partial charge in [-0.15, -0.1) is 23.1 Å². The van der Waals surface area contributed by atoms with Crippen LogP contribution >= 0.6 is 23.1 Å². The van der Waals surface area contributed by atoms with Gasteiger partial charge in [-0.3, -0.25) is 9.78 Å². The molecule has 1 aromatic carbocycles. The molecule has 3 aromatic rings. The molecule has 0 unspecified atom stereocenters. The molecular weight excluding hydrogens is 369 g/mol. The minimum atomic E-state index is -0.499. The van der Waals surface area contributed by atoms with Gasteiger partial charge in [-0.25, -0.2) is 9.37 Å². The highest BCUT2D eigenvalue weighted by molar-refractivity contribution is 8.03. The van der Waals surface area contributed by atoms with Crippen LogP contribution in [0.3, 0.4) is 0 Å². The fraction of sp³-hybridized carbons (Fsp3) is 0.105. The molecule has 1 aliphatic heterocycles. The monoisotopic (exact) mass is 383 g/mol. The summed E-state index contributed by atoms with van der Waals surface area (Å²) in [6.45, 7) is 0.559. The van der Waals surface area contributed by atoms with E-state index in [1.54, 1.807) is 41.2 Å². The molecule has 2 aromatic heterocycles. The first kappa shape index (κ1) is 16.9. The Kier molecular flexibility index (Phi) is 4.81. The summed E-state index contributed by atoms with van der Waals surface area (Å²) in [5.74, 6) is -0.0330. The molecule has 4 rings (SSSR count). The van der Waals surface area contributed by atoms with E-state index in [1.807, 2.05) is 23.6 Å². The molecule has 0 spiro atoms. The molecule has 0 aliphatic carbocycles. The molecule has 0 atom stereocenters. The molecule has 1 fully saturated rings. The van der Waals surface area contributed by atoms with Gasteiger partial charge in [0.05, 0.1) is 16.3 Å². The SMILES string of the molecule is O=C(c1ccccc1F)N1CCS/C1=C/c1csc(-c2cccnc2)n1. The summed E-state index contributed by atoms with van der Waals surface area (Å²) in [6.07, 6.45) is 5.38. The van der Waals surface area contributed by atoms with E-state index in [0.29, 0.717) is 6.54 Å². The molecule has 1 aliphatic rings. The van der Waals surface area contributed by atoms with E-state index in [-0.39, 0.29) is 11.5 Å². The third-order valence-electron chi connectivity index (χ3n) is 3.88. The molecule has 0 radical (unpaired) electrons. The number of thiazole rings is 1. The zero-order chi connectivity index (χ0) is 17.9. The van der Waals surface area contributed by atoms with Crippen molar-refractivity contribution >= 4 is 35.1 Å². The van der Waals surface area contributed by atoms with Crippen molar-refractivity contribution in [2.45, 2.75) is 0 Å². The highest BCUT2D eigenvalue weighted by Gasteiger charge is 2.27. The predicted octanol–water partition coefficient (Wildman–Crippen LogP) is 4.53. The summed E-state index contributed by atoms with van der Waals surface area (Å²) in [7, 11) is 0. The van der Waals surface area contributed by atoms with Crippen molar-refractivity contribution in [1.82, 2.24) is 14.9 Å². The number of amides is 1. The predicted molar refractivity (Wildman–Crippen MR) is 103 cm³/mol. The highest BCUT2D eigenvalue weighted by atomic mass is 32.2. The molecule has 26 heavy (non-hydrogen) atoms. The molecule has 0 N–H and O–H groups in total. The smallest absolute Gasteiger partial charge is 0.261 e. The number of hydrogen-bond acceptors (Lipinski definition) is 5. The summed E-state index contributed by atoms with van der Waals surface area (Å²) in [6, 6.07) is 9.90. The topological polar surface area (TPSA) is 46.1 Å². The molecular formula is C19H14FN3OS2. The third kappa shape index (κ3) is 3.40. The second kappa shape index (κ2) is 7.39. The lowest BCUT2D eigenvalue weighted by molar-refractivity contribution is 0.0826. The van der Waals surface area contributed by atoms with Gasteiger partial charge in [-0.2, -0.15) is 0 Å². The van der Waals surface area contributed by atoms with Gasteiger partial charge in [-0.1, -0.05) is 12.1 Å². The lowest BCUT2D eigenvalue weighted by Gasteiger charge is -2.17. The Morgan fingerprint density at radius 1 is 1.23 bits per heavy atom. The van der Waals surface area contributed by atoms with E-state index in [1.165, 1.54) is 23.5 Å². The van der Waals surface area contributed by atoms with Crippen LogP contribution in [-0.4, -0.2) is 33.1 Å². The Morgan fingerprint density at radius 3 is 2.92 bits per heavy atom. The van der Waals surface area contributed by atoms with Gasteiger partial charge in [0.1, 0.15) is 10.8 Å². The minimum absolute atomic E-state index is 0.0928. The van der Waals surface area contributed by atoms with Crippen LogP contribution in [0.4, 0.5) is 4.39 Å². The van der Waals surface area contributed by atoms with Crippen molar-refractivity contribution in [2.75, 3.05) is 12.3 Å². The molecule has 0 bridgehead atoms. The van der Waals surface area contributed by atoms with Crippen molar-refractivity contribution < 1.29 is 9.18 Å². The number of hydrogen-bond donors (Lipinski definition) is 0. The van der Waals surface area contributed by atoms with E-state index < -0.39 is 5.82 Å². The number of thioether (sulfide) groups is 1. The number of nitrogens with zero attached hydrogens (tertiary/aromatic N) is 3. The first-order valence-electron chi connectivity index (χ1n) is 7.99. The second-order valence-corrected chi connectivity index (χ2v) is 7.56. The van der Waals surface area contributed by atoms with Crippen molar-refractivity contribution in [3.05, 3.63) is 76.3 Å². The molecule has 4 nitrogen and oxygen atoms in total. The average Bonchev–Trinajstić information content (AvgIpc) is 3.32. The summed E-state index contributed by atoms with van der Waals surface area (Å²) in [5, 5.41) is 3.61. The van der Waals surface area contributed by atoms with Gasteiger partial charge in [0.15, 0.2) is 0 Å². The van der Waals surface area contributed by atoms with Crippen molar-refractivity contribution in [3.8, 4) is 10.6 Å². The van der Waals surface area contributed by atoms with E-state index >= 15 is 0 Å². The summed E-state index contributed by atoms with van der Waals surface area (Å²) in [4.78, 5) is 23.0. The van der Waals surface area contributed by atoms with Gasteiger partial charge in [0.25, 0.3) is 5.91 Å². The Balaban J connectivity index is 1.60.